The van der Waals surface area contributed by atoms with Gasteiger partial charge in [0.15, 0.2) is 0 Å². The Balaban J connectivity index is 4.41. The molecule has 0 aliphatic carbocycles. The average Bonchev–Trinajstić information content (AvgIpc) is 2.29. The van der Waals surface area contributed by atoms with Crippen LogP contribution in [0.1, 0.15) is 47.5 Å². The second-order valence-corrected chi connectivity index (χ2v) is 4.94. The molecule has 17 heavy (non-hydrogen) atoms. The van der Waals surface area contributed by atoms with Crippen LogP contribution in [0.25, 0.3) is 0 Å². The van der Waals surface area contributed by atoms with E-state index in [4.69, 9.17) is 5.26 Å². The fourth-order valence-electron chi connectivity index (χ4n) is 1.51. The number of hydrogen-bond donors (Lipinski definition) is 1. The largest absolute Gasteiger partial charge is 0.350 e. The molecular weight excluding hydrogens is 214 g/mol. The van der Waals surface area contributed by atoms with Crippen LogP contribution in [0.2, 0.25) is 0 Å². The molecule has 1 atom stereocenters. The normalized spacial score (nSPS) is 13.2. The Kier molecular flexibility index (Phi) is 6.82. The second kappa shape index (κ2) is 7.29. The fraction of sp³-hybridized carbons (Fsp3) is 0.846. The quantitative estimate of drug-likeness (QED) is 0.738. The predicted octanol–water partition coefficient (Wildman–Crippen LogP) is 1.92. The van der Waals surface area contributed by atoms with Gasteiger partial charge < -0.3 is 5.32 Å². The molecule has 0 rings (SSSR count). The van der Waals surface area contributed by atoms with Gasteiger partial charge in [-0.2, -0.15) is 5.26 Å². The molecule has 0 radical (unpaired) electrons. The lowest BCUT2D eigenvalue weighted by Crippen LogP contribution is -2.52. The van der Waals surface area contributed by atoms with E-state index in [-0.39, 0.29) is 17.5 Å². The van der Waals surface area contributed by atoms with E-state index in [1.165, 1.54) is 0 Å². The molecule has 0 aromatic heterocycles. The third-order valence-electron chi connectivity index (χ3n) is 3.19. The Morgan fingerprint density at radius 3 is 2.47 bits per heavy atom. The van der Waals surface area contributed by atoms with E-state index >= 15 is 0 Å². The molecule has 1 unspecified atom stereocenters. The van der Waals surface area contributed by atoms with Gasteiger partial charge in [0.2, 0.25) is 5.91 Å². The van der Waals surface area contributed by atoms with Crippen molar-refractivity contribution in [1.29, 1.82) is 5.26 Å². The first-order valence-corrected chi connectivity index (χ1v) is 6.31. The summed E-state index contributed by atoms with van der Waals surface area (Å²) in [6.07, 6.45) is 1.36. The van der Waals surface area contributed by atoms with E-state index in [0.717, 1.165) is 13.0 Å². The third kappa shape index (κ3) is 5.69. The highest BCUT2D eigenvalue weighted by Gasteiger charge is 2.24. The van der Waals surface area contributed by atoms with Crippen molar-refractivity contribution in [3.8, 4) is 6.07 Å². The summed E-state index contributed by atoms with van der Waals surface area (Å²) in [6, 6.07) is 1.93. The molecule has 1 N–H and O–H groups in total. The van der Waals surface area contributed by atoms with Crippen LogP contribution < -0.4 is 5.32 Å². The van der Waals surface area contributed by atoms with Gasteiger partial charge in [0.25, 0.3) is 0 Å². The first-order chi connectivity index (χ1) is 7.87. The molecule has 0 fully saturated rings. The van der Waals surface area contributed by atoms with Crippen molar-refractivity contribution >= 4 is 5.91 Å². The van der Waals surface area contributed by atoms with E-state index in [1.807, 2.05) is 32.6 Å². The van der Waals surface area contributed by atoms with Crippen LogP contribution in [0, 0.1) is 11.3 Å². The van der Waals surface area contributed by atoms with Crippen molar-refractivity contribution in [3.63, 3.8) is 0 Å². The Morgan fingerprint density at radius 2 is 2.06 bits per heavy atom. The van der Waals surface area contributed by atoms with Crippen LogP contribution in [-0.4, -0.2) is 35.5 Å². The number of nitriles is 1. The lowest BCUT2D eigenvalue weighted by atomic mass is 10.0. The van der Waals surface area contributed by atoms with Crippen LogP contribution in [0.4, 0.5) is 0 Å². The summed E-state index contributed by atoms with van der Waals surface area (Å²) in [5, 5.41) is 11.6. The molecule has 0 saturated carbocycles. The minimum absolute atomic E-state index is 0.0386. The van der Waals surface area contributed by atoms with Gasteiger partial charge in [0.1, 0.15) is 0 Å². The summed E-state index contributed by atoms with van der Waals surface area (Å²) in [7, 11) is 0. The molecule has 0 aromatic rings. The van der Waals surface area contributed by atoms with Crippen LogP contribution in [0.5, 0.6) is 0 Å². The molecule has 0 spiro atoms. The number of amides is 1. The molecule has 0 heterocycles. The van der Waals surface area contributed by atoms with Crippen LogP contribution in [-0.2, 0) is 4.79 Å². The third-order valence-corrected chi connectivity index (χ3v) is 3.19. The standard InChI is InChI=1S/C13H25N3O/c1-6-13(4,5)15-12(17)11(3)16(7-2)10-8-9-14/h11H,6-8,10H2,1-5H3,(H,15,17). The number of likely N-dealkylation sites (N-methyl/N-ethyl adjacent to an activating group) is 1. The summed E-state index contributed by atoms with van der Waals surface area (Å²) in [5.41, 5.74) is -0.167. The maximum absolute atomic E-state index is 12.0. The monoisotopic (exact) mass is 239 g/mol. The van der Waals surface area contributed by atoms with Gasteiger partial charge in [-0.05, 0) is 33.7 Å². The van der Waals surface area contributed by atoms with Gasteiger partial charge in [-0.1, -0.05) is 13.8 Å². The summed E-state index contributed by atoms with van der Waals surface area (Å²) >= 11 is 0. The summed E-state index contributed by atoms with van der Waals surface area (Å²) in [4.78, 5) is 14.1. The van der Waals surface area contributed by atoms with E-state index in [1.54, 1.807) is 0 Å². The molecule has 0 aromatic carbocycles. The first-order valence-electron chi connectivity index (χ1n) is 6.31. The molecule has 0 aliphatic rings. The Hall–Kier alpha value is -1.08. The second-order valence-electron chi connectivity index (χ2n) is 4.94. The highest BCUT2D eigenvalue weighted by molar-refractivity contribution is 5.82. The SMILES string of the molecule is CCN(CCC#N)C(C)C(=O)NC(C)(C)CC. The number of nitrogens with one attached hydrogen (secondary N) is 1. The Bertz CT molecular complexity index is 281. The summed E-state index contributed by atoms with van der Waals surface area (Å²) in [6.45, 7) is 11.4. The van der Waals surface area contributed by atoms with Gasteiger partial charge in [-0.25, -0.2) is 0 Å². The molecule has 0 aliphatic heterocycles. The zero-order valence-corrected chi connectivity index (χ0v) is 11.7. The van der Waals surface area contributed by atoms with Crippen LogP contribution in [0.15, 0.2) is 0 Å². The topological polar surface area (TPSA) is 56.1 Å². The molecular formula is C13H25N3O. The number of nitrogens with zero attached hydrogens (tertiary/aromatic N) is 2. The van der Waals surface area contributed by atoms with E-state index < -0.39 is 0 Å². The summed E-state index contributed by atoms with van der Waals surface area (Å²) < 4.78 is 0. The first kappa shape index (κ1) is 15.9. The molecule has 0 bridgehead atoms. The maximum Gasteiger partial charge on any atom is 0.237 e. The van der Waals surface area contributed by atoms with E-state index in [9.17, 15) is 4.79 Å². The smallest absolute Gasteiger partial charge is 0.237 e. The molecule has 4 heteroatoms. The molecule has 98 valence electrons. The number of rotatable bonds is 7. The van der Waals surface area contributed by atoms with E-state index in [2.05, 4.69) is 18.3 Å². The van der Waals surface area contributed by atoms with Crippen LogP contribution in [0.3, 0.4) is 0 Å². The minimum atomic E-state index is -0.181. The van der Waals surface area contributed by atoms with Crippen molar-refractivity contribution in [2.24, 2.45) is 0 Å². The van der Waals surface area contributed by atoms with Crippen molar-refractivity contribution < 1.29 is 4.79 Å². The minimum Gasteiger partial charge on any atom is -0.350 e. The van der Waals surface area contributed by atoms with Crippen molar-refractivity contribution in [2.75, 3.05) is 13.1 Å². The van der Waals surface area contributed by atoms with Crippen molar-refractivity contribution in [3.05, 3.63) is 0 Å². The Morgan fingerprint density at radius 1 is 1.47 bits per heavy atom. The van der Waals surface area contributed by atoms with Gasteiger partial charge in [-0.3, -0.25) is 9.69 Å². The molecule has 4 nitrogen and oxygen atoms in total. The summed E-state index contributed by atoms with van der Waals surface area (Å²) in [5.74, 6) is 0.0386. The average molecular weight is 239 g/mol. The lowest BCUT2D eigenvalue weighted by molar-refractivity contribution is -0.127. The zero-order valence-electron chi connectivity index (χ0n) is 11.7. The Labute approximate surface area is 105 Å². The predicted molar refractivity (Wildman–Crippen MR) is 69.5 cm³/mol. The number of carbonyl (C=O) groups excluding carboxylic acids is 1. The van der Waals surface area contributed by atoms with Crippen LogP contribution >= 0.6 is 0 Å². The van der Waals surface area contributed by atoms with Gasteiger partial charge in [0, 0.05) is 18.5 Å². The highest BCUT2D eigenvalue weighted by atomic mass is 16.2. The van der Waals surface area contributed by atoms with Gasteiger partial charge in [0.05, 0.1) is 12.1 Å². The fourth-order valence-corrected chi connectivity index (χ4v) is 1.51. The maximum atomic E-state index is 12.0. The number of carbonyl (C=O) groups is 1. The highest BCUT2D eigenvalue weighted by Crippen LogP contribution is 2.09. The van der Waals surface area contributed by atoms with Gasteiger partial charge in [-0.15, -0.1) is 0 Å². The van der Waals surface area contributed by atoms with E-state index in [0.29, 0.717) is 13.0 Å². The van der Waals surface area contributed by atoms with Gasteiger partial charge >= 0.3 is 0 Å². The molecule has 1 amide bonds. The lowest BCUT2D eigenvalue weighted by Gasteiger charge is -2.31. The number of hydrogen-bond acceptors (Lipinski definition) is 3. The van der Waals surface area contributed by atoms with Crippen molar-refractivity contribution in [1.82, 2.24) is 10.2 Å². The zero-order chi connectivity index (χ0) is 13.5. The van der Waals surface area contributed by atoms with Crippen molar-refractivity contribution in [2.45, 2.75) is 59.0 Å². The molecule has 0 saturated heterocycles.